The molecular formula is C14H21FN2O2. The number of methoxy groups -OCH3 is 1. The average molecular weight is 268 g/mol. The first-order chi connectivity index (χ1) is 9.12. The number of ether oxygens (including phenoxy) is 2. The average Bonchev–Trinajstić information content (AvgIpc) is 2.42. The standard InChI is InChI=1S/C14H21FN2O2/c1-14(8-3-4-9-19-14)13(17-16)10-6-5-7-11(18-2)12(10)15/h5-7,13,17H,3-4,8-9,16H2,1-2H3. The first-order valence-electron chi connectivity index (χ1n) is 6.55. The Labute approximate surface area is 113 Å². The van der Waals surface area contributed by atoms with Crippen LogP contribution in [0.15, 0.2) is 18.2 Å². The summed E-state index contributed by atoms with van der Waals surface area (Å²) in [5, 5.41) is 0. The molecule has 0 spiro atoms. The third kappa shape index (κ3) is 2.73. The summed E-state index contributed by atoms with van der Waals surface area (Å²) < 4.78 is 25.2. The van der Waals surface area contributed by atoms with Crippen LogP contribution in [0.5, 0.6) is 5.75 Å². The van der Waals surface area contributed by atoms with E-state index in [0.29, 0.717) is 12.2 Å². The molecule has 1 saturated heterocycles. The fourth-order valence-corrected chi connectivity index (χ4v) is 2.69. The van der Waals surface area contributed by atoms with E-state index < -0.39 is 11.6 Å². The van der Waals surface area contributed by atoms with Gasteiger partial charge in [0.05, 0.1) is 18.8 Å². The van der Waals surface area contributed by atoms with Crippen LogP contribution in [-0.2, 0) is 4.74 Å². The summed E-state index contributed by atoms with van der Waals surface area (Å²) in [6.45, 7) is 2.65. The molecule has 2 rings (SSSR count). The Bertz CT molecular complexity index is 433. The summed E-state index contributed by atoms with van der Waals surface area (Å²) in [5.74, 6) is 5.48. The zero-order chi connectivity index (χ0) is 13.9. The van der Waals surface area contributed by atoms with Crippen molar-refractivity contribution in [2.45, 2.75) is 37.8 Å². The molecule has 0 radical (unpaired) electrons. The summed E-state index contributed by atoms with van der Waals surface area (Å²) in [6, 6.07) is 4.67. The number of benzene rings is 1. The highest BCUT2D eigenvalue weighted by Crippen LogP contribution is 2.38. The Kier molecular flexibility index (Phi) is 4.39. The molecular weight excluding hydrogens is 247 g/mol. The molecule has 1 aromatic rings. The maximum atomic E-state index is 14.4. The third-order valence-electron chi connectivity index (χ3n) is 3.80. The quantitative estimate of drug-likeness (QED) is 0.650. The van der Waals surface area contributed by atoms with E-state index in [9.17, 15) is 4.39 Å². The van der Waals surface area contributed by atoms with E-state index >= 15 is 0 Å². The van der Waals surface area contributed by atoms with Gasteiger partial charge in [-0.25, -0.2) is 9.82 Å². The van der Waals surface area contributed by atoms with Gasteiger partial charge in [0.1, 0.15) is 0 Å². The van der Waals surface area contributed by atoms with Gasteiger partial charge in [-0.05, 0) is 32.3 Å². The predicted octanol–water partition coefficient (Wildman–Crippen LogP) is 2.30. The largest absolute Gasteiger partial charge is 0.494 e. The second-order valence-electron chi connectivity index (χ2n) is 5.08. The van der Waals surface area contributed by atoms with Crippen LogP contribution in [0.1, 0.15) is 37.8 Å². The minimum atomic E-state index is -0.500. The zero-order valence-electron chi connectivity index (χ0n) is 11.4. The van der Waals surface area contributed by atoms with Crippen molar-refractivity contribution in [3.8, 4) is 5.75 Å². The molecule has 5 heteroatoms. The van der Waals surface area contributed by atoms with Gasteiger partial charge in [0.15, 0.2) is 11.6 Å². The van der Waals surface area contributed by atoms with Gasteiger partial charge in [0.25, 0.3) is 0 Å². The molecule has 1 aliphatic rings. The lowest BCUT2D eigenvalue weighted by Gasteiger charge is -2.40. The van der Waals surface area contributed by atoms with Crippen molar-refractivity contribution in [3.05, 3.63) is 29.6 Å². The van der Waals surface area contributed by atoms with E-state index in [4.69, 9.17) is 15.3 Å². The molecule has 106 valence electrons. The van der Waals surface area contributed by atoms with Crippen LogP contribution >= 0.6 is 0 Å². The predicted molar refractivity (Wildman–Crippen MR) is 71.2 cm³/mol. The maximum Gasteiger partial charge on any atom is 0.169 e. The molecule has 0 amide bonds. The number of halogens is 1. The fraction of sp³-hybridized carbons (Fsp3) is 0.571. The first kappa shape index (κ1) is 14.2. The van der Waals surface area contributed by atoms with E-state index in [1.807, 2.05) is 6.92 Å². The van der Waals surface area contributed by atoms with E-state index in [2.05, 4.69) is 5.43 Å². The van der Waals surface area contributed by atoms with Gasteiger partial charge in [0, 0.05) is 12.2 Å². The van der Waals surface area contributed by atoms with Crippen LogP contribution in [0.4, 0.5) is 4.39 Å². The first-order valence-corrected chi connectivity index (χ1v) is 6.55. The summed E-state index contributed by atoms with van der Waals surface area (Å²) in [4.78, 5) is 0. The topological polar surface area (TPSA) is 56.5 Å². The lowest BCUT2D eigenvalue weighted by molar-refractivity contribution is -0.0905. The number of hydrogen-bond acceptors (Lipinski definition) is 4. The SMILES string of the molecule is COc1cccc(C(NN)C2(C)CCCCO2)c1F. The van der Waals surface area contributed by atoms with Crippen molar-refractivity contribution < 1.29 is 13.9 Å². The van der Waals surface area contributed by atoms with Gasteiger partial charge in [0.2, 0.25) is 0 Å². The van der Waals surface area contributed by atoms with Crippen LogP contribution < -0.4 is 16.0 Å². The van der Waals surface area contributed by atoms with Gasteiger partial charge in [-0.1, -0.05) is 12.1 Å². The number of hydrazine groups is 1. The molecule has 1 heterocycles. The smallest absolute Gasteiger partial charge is 0.169 e. The summed E-state index contributed by atoms with van der Waals surface area (Å²) in [6.07, 6.45) is 2.94. The minimum absolute atomic E-state index is 0.220. The molecule has 1 fully saturated rings. The second kappa shape index (κ2) is 5.86. The van der Waals surface area contributed by atoms with E-state index in [-0.39, 0.29) is 11.6 Å². The van der Waals surface area contributed by atoms with E-state index in [1.54, 1.807) is 18.2 Å². The third-order valence-corrected chi connectivity index (χ3v) is 3.80. The molecule has 3 N–H and O–H groups in total. The van der Waals surface area contributed by atoms with Gasteiger partial charge < -0.3 is 9.47 Å². The van der Waals surface area contributed by atoms with Crippen molar-refractivity contribution in [2.24, 2.45) is 5.84 Å². The highest BCUT2D eigenvalue weighted by molar-refractivity contribution is 5.34. The number of nitrogens with two attached hydrogens (primary N) is 1. The summed E-state index contributed by atoms with van der Waals surface area (Å²) >= 11 is 0. The molecule has 0 aliphatic carbocycles. The van der Waals surface area contributed by atoms with Crippen molar-refractivity contribution >= 4 is 0 Å². The Morgan fingerprint density at radius 3 is 2.84 bits per heavy atom. The number of hydrogen-bond donors (Lipinski definition) is 2. The second-order valence-corrected chi connectivity index (χ2v) is 5.08. The van der Waals surface area contributed by atoms with Crippen molar-refractivity contribution in [1.82, 2.24) is 5.43 Å². The van der Waals surface area contributed by atoms with Gasteiger partial charge in [-0.3, -0.25) is 5.84 Å². The molecule has 2 atom stereocenters. The van der Waals surface area contributed by atoms with Crippen LogP contribution in [0.3, 0.4) is 0 Å². The number of nitrogens with one attached hydrogen (secondary N) is 1. The van der Waals surface area contributed by atoms with Crippen LogP contribution in [-0.4, -0.2) is 19.3 Å². The van der Waals surface area contributed by atoms with Crippen molar-refractivity contribution in [1.29, 1.82) is 0 Å². The Balaban J connectivity index is 2.36. The maximum absolute atomic E-state index is 14.4. The highest BCUT2D eigenvalue weighted by atomic mass is 19.1. The van der Waals surface area contributed by atoms with Crippen LogP contribution in [0.25, 0.3) is 0 Å². The number of rotatable bonds is 4. The molecule has 2 unspecified atom stereocenters. The molecule has 1 aromatic carbocycles. The normalized spacial score (nSPS) is 25.1. The lowest BCUT2D eigenvalue weighted by atomic mass is 9.84. The fourth-order valence-electron chi connectivity index (χ4n) is 2.69. The van der Waals surface area contributed by atoms with Crippen LogP contribution in [0, 0.1) is 5.82 Å². The van der Waals surface area contributed by atoms with E-state index in [0.717, 1.165) is 19.3 Å². The monoisotopic (exact) mass is 268 g/mol. The molecule has 19 heavy (non-hydrogen) atoms. The van der Waals surface area contributed by atoms with Crippen LogP contribution in [0.2, 0.25) is 0 Å². The van der Waals surface area contributed by atoms with Gasteiger partial charge in [-0.2, -0.15) is 0 Å². The van der Waals surface area contributed by atoms with Gasteiger partial charge in [-0.15, -0.1) is 0 Å². The van der Waals surface area contributed by atoms with Crippen molar-refractivity contribution in [3.63, 3.8) is 0 Å². The molecule has 0 aromatic heterocycles. The molecule has 1 aliphatic heterocycles. The van der Waals surface area contributed by atoms with E-state index in [1.165, 1.54) is 7.11 Å². The Morgan fingerprint density at radius 2 is 2.26 bits per heavy atom. The highest BCUT2D eigenvalue weighted by Gasteiger charge is 2.39. The summed E-state index contributed by atoms with van der Waals surface area (Å²) in [7, 11) is 1.45. The lowest BCUT2D eigenvalue weighted by Crippen LogP contribution is -2.48. The molecule has 0 bridgehead atoms. The van der Waals surface area contributed by atoms with Gasteiger partial charge >= 0.3 is 0 Å². The summed E-state index contributed by atoms with van der Waals surface area (Å²) in [5.41, 5.74) is 2.68. The Hall–Kier alpha value is -1.17. The molecule has 0 saturated carbocycles. The van der Waals surface area contributed by atoms with Crippen molar-refractivity contribution in [2.75, 3.05) is 13.7 Å². The zero-order valence-corrected chi connectivity index (χ0v) is 11.4. The minimum Gasteiger partial charge on any atom is -0.494 e. The molecule has 4 nitrogen and oxygen atoms in total. The Morgan fingerprint density at radius 1 is 1.47 bits per heavy atom.